The van der Waals surface area contributed by atoms with Crippen LogP contribution in [0.1, 0.15) is 51.3 Å². The Morgan fingerprint density at radius 3 is 2.83 bits per heavy atom. The summed E-state index contributed by atoms with van der Waals surface area (Å²) in [5, 5.41) is 9.13. The summed E-state index contributed by atoms with van der Waals surface area (Å²) in [7, 11) is 4.13. The predicted octanol–water partition coefficient (Wildman–Crippen LogP) is 5.08. The van der Waals surface area contributed by atoms with Gasteiger partial charge < -0.3 is 14.7 Å². The fraction of sp³-hybridized carbons (Fsp3) is 0.556. The lowest BCUT2D eigenvalue weighted by Crippen LogP contribution is -2.44. The van der Waals surface area contributed by atoms with Gasteiger partial charge in [0.15, 0.2) is 0 Å². The van der Waals surface area contributed by atoms with Gasteiger partial charge >= 0.3 is 0 Å². The number of anilines is 1. The third-order valence-electron chi connectivity index (χ3n) is 7.35. The summed E-state index contributed by atoms with van der Waals surface area (Å²) in [5.41, 5.74) is 7.66. The van der Waals surface area contributed by atoms with Gasteiger partial charge in [-0.3, -0.25) is 10.00 Å². The minimum atomic E-state index is -0.346. The van der Waals surface area contributed by atoms with Crippen molar-refractivity contribution >= 4 is 22.9 Å². The maximum absolute atomic E-state index is 11.8. The van der Waals surface area contributed by atoms with Crippen LogP contribution in [0.15, 0.2) is 24.3 Å². The first-order valence-corrected chi connectivity index (χ1v) is 12.5. The van der Waals surface area contributed by atoms with Crippen LogP contribution in [0.4, 0.5) is 10.2 Å². The number of rotatable bonds is 5. The highest BCUT2D eigenvalue weighted by atomic mass is 19.3. The molecule has 3 aromatic rings. The standard InChI is InChI=1S/C19H24N4.C8H14FNO2/c1-19(2)8-7-14-17(11-19)21-22-18(14)16-9-12-5-6-13(23(3)4)10-15(12)20-16;1-7(6-11)10-4-2-3-8(5-10)12-9/h5-6,9-10,20H,7-8,11H2,1-4H3,(H,21,22);6-8H,2-5H2,1H3/t;7?,8-/m.1/s1. The number of nitrogens with one attached hydrogen (secondary N) is 2. The molecule has 5 rings (SSSR count). The highest BCUT2D eigenvalue weighted by Crippen LogP contribution is 2.38. The number of aldehydes is 1. The van der Waals surface area contributed by atoms with Crippen molar-refractivity contribution in [2.45, 2.75) is 65.0 Å². The minimum absolute atomic E-state index is 0.122. The summed E-state index contributed by atoms with van der Waals surface area (Å²) in [6, 6.07) is 8.62. The second-order valence-corrected chi connectivity index (χ2v) is 10.9. The van der Waals surface area contributed by atoms with Gasteiger partial charge in [0.1, 0.15) is 18.1 Å². The summed E-state index contributed by atoms with van der Waals surface area (Å²) in [5.74, 6) is 0. The fourth-order valence-corrected chi connectivity index (χ4v) is 5.09. The van der Waals surface area contributed by atoms with Crippen molar-refractivity contribution in [3.05, 3.63) is 35.5 Å². The van der Waals surface area contributed by atoms with E-state index in [9.17, 15) is 9.32 Å². The van der Waals surface area contributed by atoms with Gasteiger partial charge in [-0.2, -0.15) is 10.0 Å². The minimum Gasteiger partial charge on any atom is -0.378 e. The van der Waals surface area contributed by atoms with Gasteiger partial charge in [-0.25, -0.2) is 0 Å². The molecule has 2 aromatic heterocycles. The molecule has 1 aromatic carbocycles. The fourth-order valence-electron chi connectivity index (χ4n) is 5.09. The van der Waals surface area contributed by atoms with Crippen LogP contribution < -0.4 is 4.90 Å². The number of H-pyrrole nitrogens is 2. The van der Waals surface area contributed by atoms with Gasteiger partial charge in [0.25, 0.3) is 0 Å². The van der Waals surface area contributed by atoms with Crippen LogP contribution in [0.3, 0.4) is 0 Å². The normalized spacial score (nSPS) is 20.6. The molecule has 35 heavy (non-hydrogen) atoms. The molecule has 1 fully saturated rings. The number of fused-ring (bicyclic) bond motifs is 2. The van der Waals surface area contributed by atoms with Gasteiger partial charge in [0.05, 0.1) is 11.7 Å². The largest absolute Gasteiger partial charge is 0.378 e. The van der Waals surface area contributed by atoms with Crippen LogP contribution in [-0.4, -0.2) is 65.7 Å². The third-order valence-corrected chi connectivity index (χ3v) is 7.35. The maximum Gasteiger partial charge on any atom is 0.136 e. The Bertz CT molecular complexity index is 1150. The number of aromatic amines is 2. The molecule has 1 unspecified atom stereocenters. The smallest absolute Gasteiger partial charge is 0.136 e. The average Bonchev–Trinajstić information content (AvgIpc) is 3.46. The van der Waals surface area contributed by atoms with Crippen LogP contribution in [0.25, 0.3) is 22.3 Å². The lowest BCUT2D eigenvalue weighted by Gasteiger charge is -2.32. The number of carbonyl (C=O) groups is 1. The van der Waals surface area contributed by atoms with E-state index in [4.69, 9.17) is 0 Å². The molecular weight excluding hydrogens is 445 g/mol. The number of aromatic nitrogens is 3. The molecule has 2 N–H and O–H groups in total. The maximum atomic E-state index is 11.8. The first kappa shape index (κ1) is 25.4. The predicted molar refractivity (Wildman–Crippen MR) is 138 cm³/mol. The van der Waals surface area contributed by atoms with Gasteiger partial charge in [0.2, 0.25) is 0 Å². The topological polar surface area (TPSA) is 77.2 Å². The van der Waals surface area contributed by atoms with E-state index < -0.39 is 0 Å². The molecule has 0 saturated carbocycles. The molecule has 3 heterocycles. The summed E-state index contributed by atoms with van der Waals surface area (Å²) >= 11 is 0. The average molecular weight is 484 g/mol. The number of carbonyl (C=O) groups excluding carboxylic acids is 1. The van der Waals surface area contributed by atoms with E-state index in [-0.39, 0.29) is 12.1 Å². The molecule has 8 heteroatoms. The molecule has 0 radical (unpaired) electrons. The number of hydrogen-bond acceptors (Lipinski definition) is 5. The van der Waals surface area contributed by atoms with E-state index in [1.807, 2.05) is 11.8 Å². The summed E-state index contributed by atoms with van der Waals surface area (Å²) in [4.78, 5) is 21.8. The van der Waals surface area contributed by atoms with E-state index in [1.165, 1.54) is 34.3 Å². The molecule has 1 aliphatic carbocycles. The van der Waals surface area contributed by atoms with Crippen molar-refractivity contribution in [1.82, 2.24) is 20.1 Å². The number of benzene rings is 1. The lowest BCUT2D eigenvalue weighted by molar-refractivity contribution is -0.194. The zero-order chi connectivity index (χ0) is 25.2. The monoisotopic (exact) mass is 483 g/mol. The van der Waals surface area contributed by atoms with Gasteiger partial charge in [-0.15, -0.1) is 0 Å². The Hall–Kier alpha value is -2.71. The van der Waals surface area contributed by atoms with Crippen molar-refractivity contribution in [2.75, 3.05) is 32.1 Å². The molecule has 0 spiro atoms. The summed E-state index contributed by atoms with van der Waals surface area (Å²) in [6.45, 7) is 7.87. The number of hydrogen-bond donors (Lipinski definition) is 2. The number of likely N-dealkylation sites (tertiary alicyclic amines) is 1. The Labute approximate surface area is 206 Å². The van der Waals surface area contributed by atoms with Crippen LogP contribution in [-0.2, 0) is 22.6 Å². The van der Waals surface area contributed by atoms with Crippen LogP contribution >= 0.6 is 0 Å². The second kappa shape index (κ2) is 10.5. The SMILES string of the molecule is CC(C=O)N1CCC[C@@H](OF)C1.CN(C)c1ccc2cc(-c3n[nH]c4c3CCC(C)(C)C4)[nH]c2c1. The molecule has 1 aliphatic heterocycles. The van der Waals surface area contributed by atoms with Crippen molar-refractivity contribution in [1.29, 1.82) is 0 Å². The first-order valence-electron chi connectivity index (χ1n) is 12.5. The van der Waals surface area contributed by atoms with Gasteiger partial charge in [-0.1, -0.05) is 19.9 Å². The Morgan fingerprint density at radius 1 is 1.31 bits per heavy atom. The molecule has 2 aliphatic rings. The Morgan fingerprint density at radius 2 is 2.11 bits per heavy atom. The quantitative estimate of drug-likeness (QED) is 0.495. The van der Waals surface area contributed by atoms with Crippen molar-refractivity contribution in [2.24, 2.45) is 5.41 Å². The van der Waals surface area contributed by atoms with Crippen LogP contribution in [0, 0.1) is 5.41 Å². The highest BCUT2D eigenvalue weighted by Gasteiger charge is 2.29. The van der Waals surface area contributed by atoms with Crippen molar-refractivity contribution in [3.8, 4) is 11.4 Å². The van der Waals surface area contributed by atoms with Crippen molar-refractivity contribution in [3.63, 3.8) is 0 Å². The highest BCUT2D eigenvalue weighted by molar-refractivity contribution is 5.88. The first-order chi connectivity index (χ1) is 16.7. The van der Waals surface area contributed by atoms with E-state index in [1.54, 1.807) is 0 Å². The van der Waals surface area contributed by atoms with E-state index in [2.05, 4.69) is 77.2 Å². The Balaban J connectivity index is 0.000000204. The lowest BCUT2D eigenvalue weighted by atomic mass is 9.76. The Kier molecular flexibility index (Phi) is 7.62. The molecular formula is C27H38FN5O2. The molecule has 0 bridgehead atoms. The number of piperidine rings is 1. The zero-order valence-corrected chi connectivity index (χ0v) is 21.5. The summed E-state index contributed by atoms with van der Waals surface area (Å²) in [6.07, 6.45) is 5.58. The second-order valence-electron chi connectivity index (χ2n) is 10.9. The van der Waals surface area contributed by atoms with E-state index in [0.29, 0.717) is 12.0 Å². The molecule has 2 atom stereocenters. The van der Waals surface area contributed by atoms with Crippen LogP contribution in [0.5, 0.6) is 0 Å². The molecule has 0 amide bonds. The van der Waals surface area contributed by atoms with E-state index >= 15 is 0 Å². The molecule has 1 saturated heterocycles. The van der Waals surface area contributed by atoms with Gasteiger partial charge in [0, 0.05) is 48.5 Å². The van der Waals surface area contributed by atoms with Crippen molar-refractivity contribution < 1.29 is 14.3 Å². The molecule has 190 valence electrons. The zero-order valence-electron chi connectivity index (χ0n) is 21.5. The van der Waals surface area contributed by atoms with Crippen LogP contribution in [0.2, 0.25) is 0 Å². The summed E-state index contributed by atoms with van der Waals surface area (Å²) < 4.78 is 11.8. The molecule has 7 nitrogen and oxygen atoms in total. The number of halogens is 1. The van der Waals surface area contributed by atoms with E-state index in [0.717, 1.165) is 49.9 Å². The van der Waals surface area contributed by atoms with Gasteiger partial charge in [-0.05, 0) is 73.7 Å². The number of nitrogens with zero attached hydrogens (tertiary/aromatic N) is 3. The third kappa shape index (κ3) is 5.76.